The molecule has 1 atom stereocenters. The third-order valence-corrected chi connectivity index (χ3v) is 3.36. The third kappa shape index (κ3) is 2.29. The maximum atomic E-state index is 12.4. The summed E-state index contributed by atoms with van der Waals surface area (Å²) in [7, 11) is 0. The van der Waals surface area contributed by atoms with Crippen LogP contribution < -0.4 is 5.69 Å². The predicted octanol–water partition coefficient (Wildman–Crippen LogP) is 0.537. The van der Waals surface area contributed by atoms with Crippen LogP contribution in [-0.4, -0.2) is 37.5 Å². The molecule has 0 bridgehead atoms. The fraction of sp³-hybridized carbons (Fsp3) is 0.308. The van der Waals surface area contributed by atoms with Gasteiger partial charge in [0.1, 0.15) is 0 Å². The molecule has 1 amide bonds. The van der Waals surface area contributed by atoms with Gasteiger partial charge in [0.2, 0.25) is 0 Å². The summed E-state index contributed by atoms with van der Waals surface area (Å²) in [4.78, 5) is 31.7. The summed E-state index contributed by atoms with van der Waals surface area (Å²) in [5.41, 5.74) is 0.622. The Morgan fingerprint density at radius 2 is 2.25 bits per heavy atom. The van der Waals surface area contributed by atoms with Gasteiger partial charge >= 0.3 is 5.69 Å². The zero-order chi connectivity index (χ0) is 13.9. The Balaban J connectivity index is 1.90. The Morgan fingerprint density at radius 1 is 1.35 bits per heavy atom. The van der Waals surface area contributed by atoms with Gasteiger partial charge in [0.15, 0.2) is 5.69 Å². The SMILES string of the molecule is O=C(c1cccnn1)N1CCCC1c1ccnc(=O)[nH]1. The fourth-order valence-electron chi connectivity index (χ4n) is 2.47. The van der Waals surface area contributed by atoms with Crippen molar-refractivity contribution < 1.29 is 4.79 Å². The molecule has 1 saturated heterocycles. The summed E-state index contributed by atoms with van der Waals surface area (Å²) >= 11 is 0. The van der Waals surface area contributed by atoms with Crippen LogP contribution in [0.1, 0.15) is 35.1 Å². The van der Waals surface area contributed by atoms with Crippen LogP contribution in [0.15, 0.2) is 35.4 Å². The summed E-state index contributed by atoms with van der Waals surface area (Å²) in [5.74, 6) is -0.168. The van der Waals surface area contributed by atoms with E-state index >= 15 is 0 Å². The summed E-state index contributed by atoms with van der Waals surface area (Å²) in [5, 5.41) is 7.57. The normalized spacial score (nSPS) is 18.2. The van der Waals surface area contributed by atoms with Gasteiger partial charge in [-0.05, 0) is 31.0 Å². The fourth-order valence-corrected chi connectivity index (χ4v) is 2.47. The number of H-pyrrole nitrogens is 1. The molecule has 1 fully saturated rings. The lowest BCUT2D eigenvalue weighted by Gasteiger charge is -2.23. The topological polar surface area (TPSA) is 91.8 Å². The van der Waals surface area contributed by atoms with Crippen LogP contribution in [0.25, 0.3) is 0 Å². The van der Waals surface area contributed by atoms with E-state index in [1.807, 2.05) is 0 Å². The Labute approximate surface area is 114 Å². The summed E-state index contributed by atoms with van der Waals surface area (Å²) in [6, 6.07) is 4.91. The molecule has 1 aliphatic rings. The first kappa shape index (κ1) is 12.5. The number of carbonyl (C=O) groups is 1. The first-order chi connectivity index (χ1) is 9.75. The van der Waals surface area contributed by atoms with Crippen LogP contribution in [0.3, 0.4) is 0 Å². The van der Waals surface area contributed by atoms with Gasteiger partial charge in [-0.2, -0.15) is 5.10 Å². The van der Waals surface area contributed by atoms with Crippen molar-refractivity contribution in [3.05, 3.63) is 52.5 Å². The van der Waals surface area contributed by atoms with Crippen LogP contribution >= 0.6 is 0 Å². The molecule has 1 aliphatic heterocycles. The molecule has 7 heteroatoms. The van der Waals surface area contributed by atoms with Crippen molar-refractivity contribution >= 4 is 5.91 Å². The van der Waals surface area contributed by atoms with Gasteiger partial charge in [0.25, 0.3) is 5.91 Å². The molecule has 3 rings (SSSR count). The van der Waals surface area contributed by atoms with E-state index in [4.69, 9.17) is 0 Å². The second kappa shape index (κ2) is 5.20. The molecule has 0 radical (unpaired) electrons. The molecule has 0 saturated carbocycles. The van der Waals surface area contributed by atoms with E-state index in [1.165, 1.54) is 12.4 Å². The van der Waals surface area contributed by atoms with E-state index < -0.39 is 5.69 Å². The number of likely N-dealkylation sites (tertiary alicyclic amines) is 1. The molecule has 2 aromatic rings. The van der Waals surface area contributed by atoms with Crippen molar-refractivity contribution in [3.8, 4) is 0 Å². The maximum Gasteiger partial charge on any atom is 0.345 e. The molecule has 0 aromatic carbocycles. The minimum atomic E-state index is -0.402. The number of nitrogens with one attached hydrogen (secondary N) is 1. The van der Waals surface area contributed by atoms with E-state index in [9.17, 15) is 9.59 Å². The molecule has 0 aliphatic carbocycles. The molecular formula is C13H13N5O2. The average molecular weight is 271 g/mol. The number of rotatable bonds is 2. The largest absolute Gasteiger partial charge is 0.345 e. The van der Waals surface area contributed by atoms with Crippen molar-refractivity contribution in [3.63, 3.8) is 0 Å². The Morgan fingerprint density at radius 3 is 3.00 bits per heavy atom. The van der Waals surface area contributed by atoms with Gasteiger partial charge in [-0.3, -0.25) is 4.79 Å². The molecule has 102 valence electrons. The summed E-state index contributed by atoms with van der Waals surface area (Å²) < 4.78 is 0. The molecule has 20 heavy (non-hydrogen) atoms. The highest BCUT2D eigenvalue weighted by molar-refractivity contribution is 5.92. The predicted molar refractivity (Wildman–Crippen MR) is 69.9 cm³/mol. The standard InChI is InChI=1S/C13H13N5O2/c19-12(10-3-1-6-15-17-10)18-8-2-4-11(18)9-5-7-14-13(20)16-9/h1,3,5-7,11H,2,4,8H2,(H,14,16,20). The Hall–Kier alpha value is -2.57. The minimum absolute atomic E-state index is 0.139. The summed E-state index contributed by atoms with van der Waals surface area (Å²) in [6.45, 7) is 0.643. The van der Waals surface area contributed by atoms with Crippen molar-refractivity contribution in [2.24, 2.45) is 0 Å². The Kier molecular flexibility index (Phi) is 3.24. The van der Waals surface area contributed by atoms with E-state index in [1.54, 1.807) is 23.1 Å². The first-order valence-electron chi connectivity index (χ1n) is 6.39. The highest BCUT2D eigenvalue weighted by Crippen LogP contribution is 2.31. The quantitative estimate of drug-likeness (QED) is 0.860. The van der Waals surface area contributed by atoms with Crippen LogP contribution in [0.2, 0.25) is 0 Å². The van der Waals surface area contributed by atoms with Gasteiger partial charge in [0, 0.05) is 24.6 Å². The molecule has 3 heterocycles. The van der Waals surface area contributed by atoms with Gasteiger partial charge in [-0.1, -0.05) is 0 Å². The van der Waals surface area contributed by atoms with E-state index in [0.717, 1.165) is 12.8 Å². The lowest BCUT2D eigenvalue weighted by atomic mass is 10.1. The van der Waals surface area contributed by atoms with Gasteiger partial charge < -0.3 is 9.88 Å². The van der Waals surface area contributed by atoms with Crippen molar-refractivity contribution in [1.29, 1.82) is 0 Å². The highest BCUT2D eigenvalue weighted by atomic mass is 16.2. The van der Waals surface area contributed by atoms with Crippen molar-refractivity contribution in [1.82, 2.24) is 25.1 Å². The van der Waals surface area contributed by atoms with Crippen molar-refractivity contribution in [2.75, 3.05) is 6.54 Å². The number of nitrogens with zero attached hydrogens (tertiary/aromatic N) is 4. The molecule has 2 aromatic heterocycles. The van der Waals surface area contributed by atoms with Crippen molar-refractivity contribution in [2.45, 2.75) is 18.9 Å². The zero-order valence-electron chi connectivity index (χ0n) is 10.7. The van der Waals surface area contributed by atoms with Crippen LogP contribution in [0.5, 0.6) is 0 Å². The van der Waals surface area contributed by atoms with Gasteiger partial charge in [-0.25, -0.2) is 9.78 Å². The first-order valence-corrected chi connectivity index (χ1v) is 6.39. The van der Waals surface area contributed by atoms with Gasteiger partial charge in [-0.15, -0.1) is 5.10 Å². The maximum absolute atomic E-state index is 12.4. The molecule has 1 unspecified atom stereocenters. The molecular weight excluding hydrogens is 258 g/mol. The highest BCUT2D eigenvalue weighted by Gasteiger charge is 2.31. The number of carbonyl (C=O) groups excluding carboxylic acids is 1. The number of aromatic amines is 1. The molecule has 0 spiro atoms. The van der Waals surface area contributed by atoms with Crippen LogP contribution in [0, 0.1) is 0 Å². The second-order valence-corrected chi connectivity index (χ2v) is 4.60. The van der Waals surface area contributed by atoms with E-state index in [-0.39, 0.29) is 11.9 Å². The molecule has 7 nitrogen and oxygen atoms in total. The van der Waals surface area contributed by atoms with Crippen LogP contribution in [0.4, 0.5) is 0 Å². The number of hydrogen-bond acceptors (Lipinski definition) is 5. The lowest BCUT2D eigenvalue weighted by Crippen LogP contribution is -2.32. The average Bonchev–Trinajstić information content (AvgIpc) is 2.97. The smallest absolute Gasteiger partial charge is 0.329 e. The Bertz CT molecular complexity index is 670. The minimum Gasteiger partial charge on any atom is -0.329 e. The third-order valence-electron chi connectivity index (χ3n) is 3.36. The monoisotopic (exact) mass is 271 g/mol. The zero-order valence-corrected chi connectivity index (χ0v) is 10.7. The lowest BCUT2D eigenvalue weighted by molar-refractivity contribution is 0.0725. The summed E-state index contributed by atoms with van der Waals surface area (Å²) in [6.07, 6.45) is 4.68. The van der Waals surface area contributed by atoms with E-state index in [0.29, 0.717) is 17.9 Å². The van der Waals surface area contributed by atoms with Gasteiger partial charge in [0.05, 0.1) is 6.04 Å². The molecule has 1 N–H and O–H groups in total. The number of aromatic nitrogens is 4. The second-order valence-electron chi connectivity index (χ2n) is 4.60. The number of amides is 1. The van der Waals surface area contributed by atoms with E-state index in [2.05, 4.69) is 20.2 Å². The number of hydrogen-bond donors (Lipinski definition) is 1. The van der Waals surface area contributed by atoms with Crippen LogP contribution in [-0.2, 0) is 0 Å².